The van der Waals surface area contributed by atoms with E-state index >= 15 is 0 Å². The van der Waals surface area contributed by atoms with E-state index in [1.807, 2.05) is 0 Å². The van der Waals surface area contributed by atoms with E-state index < -0.39 is 10.0 Å². The second-order valence-electron chi connectivity index (χ2n) is 4.37. The minimum Gasteiger partial charge on any atom is -0.281 e. The molecule has 1 atom stereocenters. The topological polar surface area (TPSA) is 66.1 Å². The lowest BCUT2D eigenvalue weighted by atomic mass is 10.2. The van der Waals surface area contributed by atoms with Crippen LogP contribution in [0.3, 0.4) is 0 Å². The first-order valence-electron chi connectivity index (χ1n) is 5.58. The van der Waals surface area contributed by atoms with E-state index in [1.54, 1.807) is 13.8 Å². The minimum atomic E-state index is -3.46. The Labute approximate surface area is 106 Å². The summed E-state index contributed by atoms with van der Waals surface area (Å²) in [6.07, 6.45) is 1.68. The molecule has 5 nitrogen and oxygen atoms in total. The molecule has 2 rings (SSSR count). The van der Waals surface area contributed by atoms with Gasteiger partial charge in [-0.1, -0.05) is 0 Å². The van der Waals surface area contributed by atoms with Gasteiger partial charge in [0.1, 0.15) is 4.90 Å². The Morgan fingerprint density at radius 3 is 2.71 bits per heavy atom. The zero-order chi connectivity index (χ0) is 12.6. The fourth-order valence-electron chi connectivity index (χ4n) is 2.16. The second kappa shape index (κ2) is 4.59. The number of aryl methyl sites for hydroxylation is 2. The fourth-order valence-corrected chi connectivity index (χ4v) is 4.42. The summed E-state index contributed by atoms with van der Waals surface area (Å²) in [4.78, 5) is 0.295. The van der Waals surface area contributed by atoms with E-state index in [9.17, 15) is 8.42 Å². The van der Waals surface area contributed by atoms with E-state index in [-0.39, 0.29) is 5.38 Å². The number of alkyl halides is 1. The Kier molecular flexibility index (Phi) is 3.47. The van der Waals surface area contributed by atoms with Crippen molar-refractivity contribution in [2.45, 2.75) is 37.0 Å². The van der Waals surface area contributed by atoms with Gasteiger partial charge in [0, 0.05) is 18.5 Å². The lowest BCUT2D eigenvalue weighted by Crippen LogP contribution is -2.40. The summed E-state index contributed by atoms with van der Waals surface area (Å²) in [6.45, 7) is 4.33. The molecule has 0 spiro atoms. The second-order valence-corrected chi connectivity index (χ2v) is 6.86. The predicted molar refractivity (Wildman–Crippen MR) is 65.7 cm³/mol. The van der Waals surface area contributed by atoms with Gasteiger partial charge in [0.05, 0.1) is 11.4 Å². The molecule has 1 saturated heterocycles. The van der Waals surface area contributed by atoms with Crippen LogP contribution in [-0.4, -0.2) is 41.4 Å². The Morgan fingerprint density at radius 1 is 1.47 bits per heavy atom. The molecule has 0 aliphatic carbocycles. The number of piperidine rings is 1. The maximum absolute atomic E-state index is 12.4. The van der Waals surface area contributed by atoms with Gasteiger partial charge in [-0.3, -0.25) is 5.10 Å². The molecule has 1 aromatic rings. The number of nitrogens with one attached hydrogen (secondary N) is 1. The number of aromatic amines is 1. The summed E-state index contributed by atoms with van der Waals surface area (Å²) in [6, 6.07) is 0. The summed E-state index contributed by atoms with van der Waals surface area (Å²) < 4.78 is 26.3. The first-order valence-corrected chi connectivity index (χ1v) is 7.46. The number of H-pyrrole nitrogens is 1. The summed E-state index contributed by atoms with van der Waals surface area (Å²) in [5, 5.41) is 6.55. The van der Waals surface area contributed by atoms with Crippen molar-refractivity contribution in [2.24, 2.45) is 0 Å². The smallest absolute Gasteiger partial charge is 0.246 e. The molecule has 1 aliphatic rings. The van der Waals surface area contributed by atoms with Gasteiger partial charge in [-0.15, -0.1) is 11.6 Å². The highest BCUT2D eigenvalue weighted by molar-refractivity contribution is 7.89. The molecule has 96 valence electrons. The molecule has 0 saturated carbocycles. The van der Waals surface area contributed by atoms with Gasteiger partial charge in [-0.05, 0) is 26.7 Å². The monoisotopic (exact) mass is 277 g/mol. The SMILES string of the molecule is Cc1n[nH]c(C)c1S(=O)(=O)N1CCCC(Cl)C1. The van der Waals surface area contributed by atoms with Gasteiger partial charge in [0.25, 0.3) is 0 Å². The van der Waals surface area contributed by atoms with Crippen LogP contribution in [0.1, 0.15) is 24.2 Å². The Bertz CT molecular complexity index is 492. The van der Waals surface area contributed by atoms with Gasteiger partial charge >= 0.3 is 0 Å². The van der Waals surface area contributed by atoms with E-state index in [1.165, 1.54) is 4.31 Å². The van der Waals surface area contributed by atoms with Crippen LogP contribution in [0.25, 0.3) is 0 Å². The Morgan fingerprint density at radius 2 is 2.18 bits per heavy atom. The number of nitrogens with zero attached hydrogens (tertiary/aromatic N) is 2. The van der Waals surface area contributed by atoms with Crippen LogP contribution in [-0.2, 0) is 10.0 Å². The molecule has 0 aromatic carbocycles. The summed E-state index contributed by atoms with van der Waals surface area (Å²) in [7, 11) is -3.46. The van der Waals surface area contributed by atoms with Gasteiger partial charge in [-0.25, -0.2) is 8.42 Å². The summed E-state index contributed by atoms with van der Waals surface area (Å²) >= 11 is 6.03. The maximum Gasteiger partial charge on any atom is 0.246 e. The molecule has 1 unspecified atom stereocenters. The average Bonchev–Trinajstić information content (AvgIpc) is 2.59. The third-order valence-electron chi connectivity index (χ3n) is 2.98. The fraction of sp³-hybridized carbons (Fsp3) is 0.700. The van der Waals surface area contributed by atoms with Crippen molar-refractivity contribution in [3.05, 3.63) is 11.4 Å². The number of hydrogen-bond donors (Lipinski definition) is 1. The molecule has 2 heterocycles. The predicted octanol–water partition coefficient (Wildman–Crippen LogP) is 1.42. The highest BCUT2D eigenvalue weighted by Gasteiger charge is 2.32. The van der Waals surface area contributed by atoms with Crippen LogP contribution >= 0.6 is 11.6 Å². The number of sulfonamides is 1. The van der Waals surface area contributed by atoms with Gasteiger partial charge in [0.15, 0.2) is 0 Å². The molecule has 17 heavy (non-hydrogen) atoms. The molecule has 0 bridgehead atoms. The van der Waals surface area contributed by atoms with E-state index in [0.29, 0.717) is 29.4 Å². The lowest BCUT2D eigenvalue weighted by molar-refractivity contribution is 0.350. The highest BCUT2D eigenvalue weighted by Crippen LogP contribution is 2.25. The van der Waals surface area contributed by atoms with Crippen LogP contribution in [0.15, 0.2) is 4.90 Å². The number of aromatic nitrogens is 2. The molecule has 7 heteroatoms. The minimum absolute atomic E-state index is 0.0916. The van der Waals surface area contributed by atoms with E-state index in [0.717, 1.165) is 12.8 Å². The zero-order valence-corrected chi connectivity index (χ0v) is 11.5. The number of hydrogen-bond acceptors (Lipinski definition) is 3. The molecule has 1 aromatic heterocycles. The van der Waals surface area contributed by atoms with Crippen molar-refractivity contribution >= 4 is 21.6 Å². The molecule has 1 N–H and O–H groups in total. The molecular formula is C10H16ClN3O2S. The molecule has 0 amide bonds. The summed E-state index contributed by atoms with van der Waals surface area (Å²) in [5.41, 5.74) is 1.10. The van der Waals surface area contributed by atoms with Crippen molar-refractivity contribution in [2.75, 3.05) is 13.1 Å². The lowest BCUT2D eigenvalue weighted by Gasteiger charge is -2.28. The highest BCUT2D eigenvalue weighted by atomic mass is 35.5. The van der Waals surface area contributed by atoms with Crippen molar-refractivity contribution in [3.8, 4) is 0 Å². The maximum atomic E-state index is 12.4. The van der Waals surface area contributed by atoms with Gasteiger partial charge in [-0.2, -0.15) is 9.40 Å². The van der Waals surface area contributed by atoms with Crippen molar-refractivity contribution < 1.29 is 8.42 Å². The van der Waals surface area contributed by atoms with E-state index in [2.05, 4.69) is 10.2 Å². The van der Waals surface area contributed by atoms with Crippen LogP contribution in [0.2, 0.25) is 0 Å². The van der Waals surface area contributed by atoms with Crippen LogP contribution < -0.4 is 0 Å². The number of halogens is 1. The number of rotatable bonds is 2. The summed E-state index contributed by atoms with van der Waals surface area (Å²) in [5.74, 6) is 0. The molecule has 0 radical (unpaired) electrons. The van der Waals surface area contributed by atoms with Crippen molar-refractivity contribution in [3.63, 3.8) is 0 Å². The van der Waals surface area contributed by atoms with Crippen LogP contribution in [0.5, 0.6) is 0 Å². The Balaban J connectivity index is 2.36. The average molecular weight is 278 g/mol. The molecule has 1 fully saturated rings. The third-order valence-corrected chi connectivity index (χ3v) is 5.47. The first-order chi connectivity index (χ1) is 7.93. The quantitative estimate of drug-likeness (QED) is 0.832. The van der Waals surface area contributed by atoms with Crippen LogP contribution in [0.4, 0.5) is 0 Å². The molecule has 1 aliphatic heterocycles. The normalized spacial score (nSPS) is 22.9. The van der Waals surface area contributed by atoms with Crippen molar-refractivity contribution in [1.29, 1.82) is 0 Å². The van der Waals surface area contributed by atoms with Gasteiger partial charge < -0.3 is 0 Å². The van der Waals surface area contributed by atoms with Crippen LogP contribution in [0, 0.1) is 13.8 Å². The third kappa shape index (κ3) is 2.34. The standard InChI is InChI=1S/C10H16ClN3O2S/c1-7-10(8(2)13-12-7)17(15,16)14-5-3-4-9(11)6-14/h9H,3-6H2,1-2H3,(H,12,13). The Hall–Kier alpha value is -0.590. The van der Waals surface area contributed by atoms with E-state index in [4.69, 9.17) is 11.6 Å². The first kappa shape index (κ1) is 12.9. The largest absolute Gasteiger partial charge is 0.281 e. The zero-order valence-electron chi connectivity index (χ0n) is 9.90. The van der Waals surface area contributed by atoms with Gasteiger partial charge in [0.2, 0.25) is 10.0 Å². The van der Waals surface area contributed by atoms with Crippen molar-refractivity contribution in [1.82, 2.24) is 14.5 Å². The molecular weight excluding hydrogens is 262 g/mol.